The summed E-state index contributed by atoms with van der Waals surface area (Å²) >= 11 is 1.53. The highest BCUT2D eigenvalue weighted by molar-refractivity contribution is 7.13. The monoisotopic (exact) mass is 373 g/mol. The lowest BCUT2D eigenvalue weighted by Gasteiger charge is -2.07. The van der Waals surface area contributed by atoms with Crippen LogP contribution >= 0.6 is 11.3 Å². The van der Waals surface area contributed by atoms with Gasteiger partial charge in [-0.25, -0.2) is 0 Å². The van der Waals surface area contributed by atoms with Crippen LogP contribution in [0.4, 0.5) is 0 Å². The van der Waals surface area contributed by atoms with Crippen LogP contribution in [0.5, 0.6) is 11.5 Å². The first kappa shape index (κ1) is 17.9. The summed E-state index contributed by atoms with van der Waals surface area (Å²) in [6.45, 7) is 0.680. The molecule has 2 aromatic heterocycles. The summed E-state index contributed by atoms with van der Waals surface area (Å²) in [4.78, 5) is 17.1. The largest absolute Gasteiger partial charge is 0.497 e. The third-order valence-electron chi connectivity index (χ3n) is 3.52. The van der Waals surface area contributed by atoms with Crippen molar-refractivity contribution in [1.82, 2.24) is 15.5 Å². The van der Waals surface area contributed by atoms with Crippen LogP contribution in [0.2, 0.25) is 0 Å². The fourth-order valence-corrected chi connectivity index (χ4v) is 2.84. The summed E-state index contributed by atoms with van der Waals surface area (Å²) in [5.74, 6) is 2.37. The average Bonchev–Trinajstić information content (AvgIpc) is 3.35. The summed E-state index contributed by atoms with van der Waals surface area (Å²) in [6, 6.07) is 11.2. The second-order valence-corrected chi connectivity index (χ2v) is 6.34. The Hall–Kier alpha value is -2.87. The molecule has 7 nitrogen and oxygen atoms in total. The third kappa shape index (κ3) is 5.06. The topological polar surface area (TPSA) is 86.5 Å². The van der Waals surface area contributed by atoms with Gasteiger partial charge < -0.3 is 19.3 Å². The Morgan fingerprint density at radius 2 is 2.04 bits per heavy atom. The average molecular weight is 373 g/mol. The van der Waals surface area contributed by atoms with E-state index in [0.29, 0.717) is 31.2 Å². The Kier molecular flexibility index (Phi) is 6.21. The minimum absolute atomic E-state index is 0.0841. The van der Waals surface area contributed by atoms with Gasteiger partial charge in [0.25, 0.3) is 0 Å². The lowest BCUT2D eigenvalue weighted by atomic mass is 10.3. The molecule has 136 valence electrons. The van der Waals surface area contributed by atoms with E-state index in [9.17, 15) is 4.79 Å². The lowest BCUT2D eigenvalue weighted by Crippen LogP contribution is -2.23. The Labute approximate surface area is 154 Å². The maximum absolute atomic E-state index is 11.9. The van der Waals surface area contributed by atoms with Crippen LogP contribution in [-0.4, -0.2) is 29.8 Å². The summed E-state index contributed by atoms with van der Waals surface area (Å²) in [5, 5.41) is 8.62. The van der Waals surface area contributed by atoms with Crippen molar-refractivity contribution in [3.63, 3.8) is 0 Å². The van der Waals surface area contributed by atoms with Gasteiger partial charge in [0.05, 0.1) is 25.1 Å². The predicted octanol–water partition coefficient (Wildman–Crippen LogP) is 3.28. The maximum Gasteiger partial charge on any atom is 0.246 e. The second kappa shape index (κ2) is 9.00. The van der Waals surface area contributed by atoms with Crippen LogP contribution in [-0.2, 0) is 11.3 Å². The molecule has 0 aliphatic rings. The van der Waals surface area contributed by atoms with Gasteiger partial charge in [0, 0.05) is 6.42 Å². The molecule has 0 saturated heterocycles. The van der Waals surface area contributed by atoms with Gasteiger partial charge in [0.15, 0.2) is 0 Å². The highest BCUT2D eigenvalue weighted by Gasteiger charge is 2.10. The number of carbonyl (C=O) groups excluding carboxylic acids is 1. The molecule has 0 spiro atoms. The zero-order valence-electron chi connectivity index (χ0n) is 14.3. The molecule has 0 aliphatic heterocycles. The Balaban J connectivity index is 1.34. The molecule has 0 bridgehead atoms. The standard InChI is InChI=1S/C18H19N3O4S/c1-23-13-6-8-14(9-7-13)24-10-2-5-16(22)19-12-17-20-18(21-25-17)15-4-3-11-26-15/h3-4,6-9,11H,2,5,10,12H2,1H3,(H,19,22). The van der Waals surface area contributed by atoms with Crippen molar-refractivity contribution in [2.24, 2.45) is 0 Å². The Bertz CT molecular complexity index is 815. The van der Waals surface area contributed by atoms with E-state index < -0.39 is 0 Å². The SMILES string of the molecule is COc1ccc(OCCCC(=O)NCc2nc(-c3cccs3)no2)cc1. The van der Waals surface area contributed by atoms with Gasteiger partial charge >= 0.3 is 0 Å². The molecule has 0 saturated carbocycles. The van der Waals surface area contributed by atoms with Gasteiger partial charge in [0.1, 0.15) is 11.5 Å². The van der Waals surface area contributed by atoms with Crippen molar-refractivity contribution in [3.05, 3.63) is 47.7 Å². The molecule has 0 radical (unpaired) electrons. The highest BCUT2D eigenvalue weighted by atomic mass is 32.1. The van der Waals surface area contributed by atoms with Crippen molar-refractivity contribution >= 4 is 17.2 Å². The number of ether oxygens (including phenoxy) is 2. The Morgan fingerprint density at radius 1 is 1.23 bits per heavy atom. The number of hydrogen-bond donors (Lipinski definition) is 1. The zero-order valence-corrected chi connectivity index (χ0v) is 15.1. The van der Waals surface area contributed by atoms with Gasteiger partial charge in [-0.15, -0.1) is 11.3 Å². The van der Waals surface area contributed by atoms with Crippen LogP contribution in [0.1, 0.15) is 18.7 Å². The van der Waals surface area contributed by atoms with Crippen molar-refractivity contribution in [2.45, 2.75) is 19.4 Å². The molecule has 3 aromatic rings. The fourth-order valence-electron chi connectivity index (χ4n) is 2.19. The normalized spacial score (nSPS) is 10.5. The first-order valence-electron chi connectivity index (χ1n) is 8.14. The zero-order chi connectivity index (χ0) is 18.2. The van der Waals surface area contributed by atoms with E-state index in [2.05, 4.69) is 15.5 Å². The summed E-state index contributed by atoms with van der Waals surface area (Å²) in [7, 11) is 1.62. The van der Waals surface area contributed by atoms with E-state index in [0.717, 1.165) is 16.4 Å². The molecule has 0 aliphatic carbocycles. The van der Waals surface area contributed by atoms with Crippen LogP contribution in [0.3, 0.4) is 0 Å². The van der Waals surface area contributed by atoms with E-state index in [1.54, 1.807) is 7.11 Å². The lowest BCUT2D eigenvalue weighted by molar-refractivity contribution is -0.121. The molecular formula is C18H19N3O4S. The van der Waals surface area contributed by atoms with Gasteiger partial charge in [-0.05, 0) is 42.1 Å². The fraction of sp³-hybridized carbons (Fsp3) is 0.278. The second-order valence-electron chi connectivity index (χ2n) is 5.39. The van der Waals surface area contributed by atoms with E-state index in [4.69, 9.17) is 14.0 Å². The number of rotatable bonds is 9. The number of nitrogens with one attached hydrogen (secondary N) is 1. The number of carbonyl (C=O) groups is 1. The van der Waals surface area contributed by atoms with E-state index in [1.807, 2.05) is 41.8 Å². The molecule has 1 N–H and O–H groups in total. The molecule has 0 atom stereocenters. The minimum atomic E-state index is -0.0841. The number of nitrogens with zero attached hydrogens (tertiary/aromatic N) is 2. The van der Waals surface area contributed by atoms with Crippen molar-refractivity contribution in [3.8, 4) is 22.2 Å². The molecule has 8 heteroatoms. The number of thiophene rings is 1. The van der Waals surface area contributed by atoms with Crippen LogP contribution in [0, 0.1) is 0 Å². The van der Waals surface area contributed by atoms with Crippen molar-refractivity contribution < 1.29 is 18.8 Å². The van der Waals surface area contributed by atoms with Crippen molar-refractivity contribution in [2.75, 3.05) is 13.7 Å². The molecule has 2 heterocycles. The van der Waals surface area contributed by atoms with Crippen molar-refractivity contribution in [1.29, 1.82) is 0 Å². The number of benzene rings is 1. The smallest absolute Gasteiger partial charge is 0.246 e. The third-order valence-corrected chi connectivity index (χ3v) is 4.39. The van der Waals surface area contributed by atoms with Gasteiger partial charge in [-0.1, -0.05) is 11.2 Å². The number of aromatic nitrogens is 2. The molecule has 3 rings (SSSR count). The van der Waals surface area contributed by atoms with Crippen LogP contribution < -0.4 is 14.8 Å². The maximum atomic E-state index is 11.9. The molecular weight excluding hydrogens is 354 g/mol. The molecule has 1 amide bonds. The quantitative estimate of drug-likeness (QED) is 0.579. The van der Waals surface area contributed by atoms with E-state index in [-0.39, 0.29) is 12.5 Å². The van der Waals surface area contributed by atoms with E-state index >= 15 is 0 Å². The summed E-state index contributed by atoms with van der Waals surface area (Å²) < 4.78 is 15.8. The number of amides is 1. The summed E-state index contributed by atoms with van der Waals surface area (Å²) in [5.41, 5.74) is 0. The van der Waals surface area contributed by atoms with Gasteiger partial charge in [-0.2, -0.15) is 4.98 Å². The first-order valence-corrected chi connectivity index (χ1v) is 9.02. The highest BCUT2D eigenvalue weighted by Crippen LogP contribution is 2.21. The molecule has 0 unspecified atom stereocenters. The number of hydrogen-bond acceptors (Lipinski definition) is 7. The van der Waals surface area contributed by atoms with Crippen LogP contribution in [0.15, 0.2) is 46.3 Å². The Morgan fingerprint density at radius 3 is 2.77 bits per heavy atom. The van der Waals surface area contributed by atoms with E-state index in [1.165, 1.54) is 11.3 Å². The first-order chi connectivity index (χ1) is 12.7. The summed E-state index contributed by atoms with van der Waals surface area (Å²) in [6.07, 6.45) is 0.976. The van der Waals surface area contributed by atoms with Gasteiger partial charge in [-0.3, -0.25) is 4.79 Å². The van der Waals surface area contributed by atoms with Gasteiger partial charge in [0.2, 0.25) is 17.6 Å². The molecule has 1 aromatic carbocycles. The van der Waals surface area contributed by atoms with Crippen LogP contribution in [0.25, 0.3) is 10.7 Å². The minimum Gasteiger partial charge on any atom is -0.497 e. The molecule has 26 heavy (non-hydrogen) atoms. The predicted molar refractivity (Wildman–Crippen MR) is 97.2 cm³/mol. The number of methoxy groups -OCH3 is 1. The molecule has 0 fully saturated rings.